The topological polar surface area (TPSA) is 15.3 Å². The van der Waals surface area contributed by atoms with Gasteiger partial charge in [0.15, 0.2) is 0 Å². The van der Waals surface area contributed by atoms with Crippen LogP contribution in [0.15, 0.2) is 18.2 Å². The lowest BCUT2D eigenvalue weighted by molar-refractivity contribution is 0.383. The van der Waals surface area contributed by atoms with Gasteiger partial charge in [-0.1, -0.05) is 11.6 Å². The van der Waals surface area contributed by atoms with Gasteiger partial charge in [-0.3, -0.25) is 0 Å². The maximum atomic E-state index is 13.5. The molecule has 0 saturated carbocycles. The molecule has 0 bridgehead atoms. The largest absolute Gasteiger partial charge is 0.371 e. The van der Waals surface area contributed by atoms with Gasteiger partial charge in [-0.05, 0) is 51.3 Å². The fraction of sp³-hybridized carbons (Fsp3) is 0.600. The highest BCUT2D eigenvalue weighted by Crippen LogP contribution is 2.27. The van der Waals surface area contributed by atoms with E-state index in [0.717, 1.165) is 31.7 Å². The van der Waals surface area contributed by atoms with Crippen LogP contribution in [0.5, 0.6) is 0 Å². The molecule has 1 aliphatic heterocycles. The Morgan fingerprint density at radius 1 is 1.42 bits per heavy atom. The molecular weight excluding hydrogens is 263 g/mol. The molecule has 19 heavy (non-hydrogen) atoms. The summed E-state index contributed by atoms with van der Waals surface area (Å²) in [5.41, 5.74) is 1.08. The maximum Gasteiger partial charge on any atom is 0.143 e. The molecule has 0 amide bonds. The lowest BCUT2D eigenvalue weighted by atomic mass is 10.1. The fourth-order valence-electron chi connectivity index (χ4n) is 2.37. The first-order valence-corrected chi connectivity index (χ1v) is 7.18. The number of anilines is 1. The summed E-state index contributed by atoms with van der Waals surface area (Å²) in [6, 6.07) is 5.06. The Morgan fingerprint density at radius 3 is 2.79 bits per heavy atom. The van der Waals surface area contributed by atoms with E-state index in [4.69, 9.17) is 11.6 Å². The summed E-state index contributed by atoms with van der Waals surface area (Å²) < 4.78 is 13.5. The van der Waals surface area contributed by atoms with Gasteiger partial charge in [0.1, 0.15) is 5.82 Å². The van der Waals surface area contributed by atoms with E-state index >= 15 is 0 Å². The van der Waals surface area contributed by atoms with Gasteiger partial charge in [-0.15, -0.1) is 0 Å². The Balaban J connectivity index is 1.92. The fourth-order valence-corrected chi connectivity index (χ4v) is 2.48. The number of halogens is 2. The summed E-state index contributed by atoms with van der Waals surface area (Å²) in [4.78, 5) is 2.23. The normalized spacial score (nSPS) is 20.1. The molecule has 0 radical (unpaired) electrons. The van der Waals surface area contributed by atoms with Gasteiger partial charge in [0.05, 0.1) is 5.02 Å². The van der Waals surface area contributed by atoms with Crippen LogP contribution in [0.4, 0.5) is 10.1 Å². The van der Waals surface area contributed by atoms with Crippen LogP contribution in [0.2, 0.25) is 5.02 Å². The molecule has 1 aromatic rings. The van der Waals surface area contributed by atoms with Gasteiger partial charge in [0, 0.05) is 30.9 Å². The van der Waals surface area contributed by atoms with Crippen molar-refractivity contribution in [3.8, 4) is 0 Å². The van der Waals surface area contributed by atoms with Gasteiger partial charge in [-0.25, -0.2) is 4.39 Å². The molecule has 106 valence electrons. The first-order valence-electron chi connectivity index (χ1n) is 6.80. The van der Waals surface area contributed by atoms with Crippen LogP contribution in [-0.2, 0) is 0 Å². The molecular formula is C15H22ClFN2. The highest BCUT2D eigenvalue weighted by Gasteiger charge is 2.24. The zero-order valence-electron chi connectivity index (χ0n) is 11.8. The van der Waals surface area contributed by atoms with Crippen LogP contribution in [0, 0.1) is 11.7 Å². The molecule has 1 heterocycles. The average Bonchev–Trinajstić information content (AvgIpc) is 2.78. The van der Waals surface area contributed by atoms with Crippen molar-refractivity contribution in [1.29, 1.82) is 0 Å². The highest BCUT2D eigenvalue weighted by molar-refractivity contribution is 6.30. The predicted molar refractivity (Wildman–Crippen MR) is 79.5 cm³/mol. The molecule has 4 heteroatoms. The monoisotopic (exact) mass is 284 g/mol. The van der Waals surface area contributed by atoms with Gasteiger partial charge >= 0.3 is 0 Å². The minimum absolute atomic E-state index is 0.153. The molecule has 1 aromatic carbocycles. The maximum absolute atomic E-state index is 13.5. The third-order valence-electron chi connectivity index (χ3n) is 3.48. The van der Waals surface area contributed by atoms with Gasteiger partial charge < -0.3 is 10.2 Å². The van der Waals surface area contributed by atoms with E-state index in [9.17, 15) is 4.39 Å². The molecule has 0 aromatic heterocycles. The molecule has 2 nitrogen and oxygen atoms in total. The lowest BCUT2D eigenvalue weighted by Crippen LogP contribution is -2.39. The molecule has 1 fully saturated rings. The SMILES string of the molecule is CC(C)(C)NCC1CCN(c2ccc(Cl)c(F)c2)C1. The second-order valence-electron chi connectivity index (χ2n) is 6.33. The van der Waals surface area contributed by atoms with Crippen LogP contribution in [0.25, 0.3) is 0 Å². The van der Waals surface area contributed by atoms with E-state index in [0.29, 0.717) is 5.92 Å². The number of hydrogen-bond acceptors (Lipinski definition) is 2. The lowest BCUT2D eigenvalue weighted by Gasteiger charge is -2.24. The first kappa shape index (κ1) is 14.6. The van der Waals surface area contributed by atoms with Crippen molar-refractivity contribution in [3.63, 3.8) is 0 Å². The Labute approximate surface area is 119 Å². The second kappa shape index (κ2) is 5.68. The van der Waals surface area contributed by atoms with Crippen LogP contribution in [0.3, 0.4) is 0 Å². The molecule has 1 atom stereocenters. The van der Waals surface area contributed by atoms with E-state index in [1.54, 1.807) is 6.07 Å². The number of hydrogen-bond donors (Lipinski definition) is 1. The van der Waals surface area contributed by atoms with Crippen LogP contribution in [0.1, 0.15) is 27.2 Å². The molecule has 1 N–H and O–H groups in total. The van der Waals surface area contributed by atoms with Crippen molar-refractivity contribution in [2.45, 2.75) is 32.7 Å². The highest BCUT2D eigenvalue weighted by atomic mass is 35.5. The van der Waals surface area contributed by atoms with Crippen molar-refractivity contribution in [3.05, 3.63) is 29.0 Å². The number of nitrogens with zero attached hydrogens (tertiary/aromatic N) is 1. The van der Waals surface area contributed by atoms with Crippen molar-refractivity contribution in [2.24, 2.45) is 5.92 Å². The zero-order valence-corrected chi connectivity index (χ0v) is 12.6. The number of nitrogens with one attached hydrogen (secondary N) is 1. The number of benzene rings is 1. The van der Waals surface area contributed by atoms with Crippen LogP contribution < -0.4 is 10.2 Å². The van der Waals surface area contributed by atoms with E-state index < -0.39 is 0 Å². The Morgan fingerprint density at radius 2 is 2.16 bits per heavy atom. The van der Waals surface area contributed by atoms with Crippen molar-refractivity contribution < 1.29 is 4.39 Å². The summed E-state index contributed by atoms with van der Waals surface area (Å²) in [5, 5.41) is 3.72. The number of rotatable bonds is 3. The summed E-state index contributed by atoms with van der Waals surface area (Å²) >= 11 is 5.71. The quantitative estimate of drug-likeness (QED) is 0.911. The van der Waals surface area contributed by atoms with E-state index in [1.165, 1.54) is 6.07 Å². The third kappa shape index (κ3) is 4.08. The van der Waals surface area contributed by atoms with E-state index in [-0.39, 0.29) is 16.4 Å². The molecule has 1 saturated heterocycles. The zero-order chi connectivity index (χ0) is 14.0. The Kier molecular flexibility index (Phi) is 4.36. The molecule has 0 spiro atoms. The molecule has 0 aliphatic carbocycles. The summed E-state index contributed by atoms with van der Waals surface area (Å²) in [6.07, 6.45) is 1.15. The van der Waals surface area contributed by atoms with Crippen LogP contribution >= 0.6 is 11.6 Å². The van der Waals surface area contributed by atoms with Crippen molar-refractivity contribution in [2.75, 3.05) is 24.5 Å². The standard InChI is InChI=1S/C15H22ClFN2/c1-15(2,3)18-9-11-6-7-19(10-11)12-4-5-13(16)14(17)8-12/h4-5,8,11,18H,6-7,9-10H2,1-3H3. The second-order valence-corrected chi connectivity index (χ2v) is 6.74. The minimum atomic E-state index is -0.338. The van der Waals surface area contributed by atoms with Gasteiger partial charge in [0.2, 0.25) is 0 Å². The third-order valence-corrected chi connectivity index (χ3v) is 3.78. The predicted octanol–water partition coefficient (Wildman–Crippen LogP) is 3.69. The van der Waals surface area contributed by atoms with Gasteiger partial charge in [0.25, 0.3) is 0 Å². The first-order chi connectivity index (χ1) is 8.85. The Bertz CT molecular complexity index is 442. The van der Waals surface area contributed by atoms with Crippen molar-refractivity contribution >= 4 is 17.3 Å². The van der Waals surface area contributed by atoms with Gasteiger partial charge in [-0.2, -0.15) is 0 Å². The summed E-state index contributed by atoms with van der Waals surface area (Å²) in [5.74, 6) is 0.286. The molecule has 1 aliphatic rings. The average molecular weight is 285 g/mol. The smallest absolute Gasteiger partial charge is 0.143 e. The van der Waals surface area contributed by atoms with Crippen molar-refractivity contribution in [1.82, 2.24) is 5.32 Å². The Hall–Kier alpha value is -0.800. The van der Waals surface area contributed by atoms with E-state index in [2.05, 4.69) is 31.0 Å². The summed E-state index contributed by atoms with van der Waals surface area (Å²) in [7, 11) is 0. The molecule has 1 unspecified atom stereocenters. The summed E-state index contributed by atoms with van der Waals surface area (Å²) in [6.45, 7) is 9.49. The minimum Gasteiger partial charge on any atom is -0.371 e. The molecule has 2 rings (SSSR count). The van der Waals surface area contributed by atoms with E-state index in [1.807, 2.05) is 6.07 Å². The van der Waals surface area contributed by atoms with Crippen LogP contribution in [-0.4, -0.2) is 25.2 Å².